The molecule has 5 nitrogen and oxygen atoms in total. The molecular formula is C22H16BrClN4O. The summed E-state index contributed by atoms with van der Waals surface area (Å²) in [5.74, 6) is 0.346. The second-order valence-electron chi connectivity index (χ2n) is 6.32. The van der Waals surface area contributed by atoms with E-state index in [1.54, 1.807) is 16.8 Å². The van der Waals surface area contributed by atoms with Gasteiger partial charge in [-0.2, -0.15) is 0 Å². The molecule has 144 valence electrons. The fourth-order valence-electron chi connectivity index (χ4n) is 2.81. The number of rotatable bonds is 5. The molecule has 0 fully saturated rings. The molecule has 0 saturated heterocycles. The van der Waals surface area contributed by atoms with Crippen LogP contribution in [-0.2, 0) is 6.54 Å². The van der Waals surface area contributed by atoms with Gasteiger partial charge in [0.05, 0.1) is 5.69 Å². The van der Waals surface area contributed by atoms with Crippen LogP contribution < -0.4 is 5.32 Å². The molecule has 0 aliphatic rings. The first-order valence-electron chi connectivity index (χ1n) is 8.91. The number of halogens is 2. The van der Waals surface area contributed by atoms with E-state index in [1.807, 2.05) is 66.7 Å². The maximum Gasteiger partial charge on any atom is 0.291 e. The third-order valence-corrected chi connectivity index (χ3v) is 5.06. The largest absolute Gasteiger partial charge is 0.345 e. The lowest BCUT2D eigenvalue weighted by Gasteiger charge is -2.06. The zero-order valence-electron chi connectivity index (χ0n) is 15.2. The van der Waals surface area contributed by atoms with Crippen LogP contribution in [0.25, 0.3) is 17.1 Å². The van der Waals surface area contributed by atoms with E-state index in [2.05, 4.69) is 31.3 Å². The highest BCUT2D eigenvalue weighted by Crippen LogP contribution is 2.24. The van der Waals surface area contributed by atoms with Gasteiger partial charge in [-0.1, -0.05) is 70.0 Å². The lowest BCUT2D eigenvalue weighted by Crippen LogP contribution is -2.24. The minimum atomic E-state index is -0.333. The Bertz CT molecular complexity index is 1060. The summed E-state index contributed by atoms with van der Waals surface area (Å²) < 4.78 is 2.61. The minimum Gasteiger partial charge on any atom is -0.345 e. The summed E-state index contributed by atoms with van der Waals surface area (Å²) >= 11 is 9.45. The van der Waals surface area contributed by atoms with Crippen LogP contribution in [0.4, 0.5) is 0 Å². The summed E-state index contributed by atoms with van der Waals surface area (Å²) in [6.45, 7) is 0.406. The van der Waals surface area contributed by atoms with Crippen LogP contribution in [0.5, 0.6) is 0 Å². The van der Waals surface area contributed by atoms with Crippen LogP contribution in [0.1, 0.15) is 16.2 Å². The maximum absolute atomic E-state index is 12.7. The molecule has 1 aromatic heterocycles. The molecule has 0 spiro atoms. The number of amides is 1. The van der Waals surface area contributed by atoms with Gasteiger partial charge in [0, 0.05) is 21.6 Å². The molecule has 0 unspecified atom stereocenters. The molecule has 1 N–H and O–H groups in total. The van der Waals surface area contributed by atoms with Crippen molar-refractivity contribution in [3.05, 3.63) is 99.7 Å². The Balaban J connectivity index is 1.68. The average molecular weight is 468 g/mol. The van der Waals surface area contributed by atoms with E-state index in [9.17, 15) is 4.79 Å². The first kappa shape index (κ1) is 19.4. The van der Waals surface area contributed by atoms with Crippen LogP contribution in [0, 0.1) is 0 Å². The number of hydrogen-bond donors (Lipinski definition) is 1. The Hall–Kier alpha value is -2.96. The first-order chi connectivity index (χ1) is 14.1. The number of carbonyl (C=O) groups excluding carboxylic acids is 1. The van der Waals surface area contributed by atoms with Crippen molar-refractivity contribution >= 4 is 33.4 Å². The van der Waals surface area contributed by atoms with Crippen molar-refractivity contribution in [1.29, 1.82) is 0 Å². The number of aromatic nitrogens is 3. The van der Waals surface area contributed by atoms with Gasteiger partial charge >= 0.3 is 0 Å². The topological polar surface area (TPSA) is 59.8 Å². The van der Waals surface area contributed by atoms with Gasteiger partial charge in [0.1, 0.15) is 0 Å². The Kier molecular flexibility index (Phi) is 5.74. The van der Waals surface area contributed by atoms with Gasteiger partial charge in [-0.15, -0.1) is 5.10 Å². The second-order valence-corrected chi connectivity index (χ2v) is 7.67. The van der Waals surface area contributed by atoms with Crippen LogP contribution in [0.2, 0.25) is 5.02 Å². The third kappa shape index (κ3) is 4.55. The van der Waals surface area contributed by atoms with Gasteiger partial charge in [-0.25, -0.2) is 9.67 Å². The number of nitrogens with one attached hydrogen (secondary N) is 1. The summed E-state index contributed by atoms with van der Waals surface area (Å²) in [6, 6.07) is 24.6. The molecule has 0 aliphatic heterocycles. The normalized spacial score (nSPS) is 10.7. The van der Waals surface area contributed by atoms with Crippen molar-refractivity contribution in [2.24, 2.45) is 0 Å². The molecule has 0 radical (unpaired) electrons. The number of benzene rings is 3. The van der Waals surface area contributed by atoms with Crippen molar-refractivity contribution in [3.8, 4) is 17.1 Å². The molecule has 1 amide bonds. The SMILES string of the molecule is O=C(NCc1ccccc1)c1nc(-c2ccc(Br)cc2)n(-c2ccc(Cl)cc2)n1. The first-order valence-corrected chi connectivity index (χ1v) is 10.1. The zero-order chi connectivity index (χ0) is 20.2. The highest BCUT2D eigenvalue weighted by atomic mass is 79.9. The lowest BCUT2D eigenvalue weighted by atomic mass is 10.2. The monoisotopic (exact) mass is 466 g/mol. The lowest BCUT2D eigenvalue weighted by molar-refractivity contribution is 0.0940. The number of hydrogen-bond acceptors (Lipinski definition) is 3. The van der Waals surface area contributed by atoms with Crippen LogP contribution in [0.15, 0.2) is 83.3 Å². The van der Waals surface area contributed by atoms with Crippen molar-refractivity contribution < 1.29 is 4.79 Å². The number of nitrogens with zero attached hydrogens (tertiary/aromatic N) is 3. The molecule has 0 bridgehead atoms. The van der Waals surface area contributed by atoms with Crippen LogP contribution in [-0.4, -0.2) is 20.7 Å². The molecule has 29 heavy (non-hydrogen) atoms. The molecule has 3 aromatic carbocycles. The Labute approximate surface area is 181 Å². The van der Waals surface area contributed by atoms with E-state index in [1.165, 1.54) is 0 Å². The van der Waals surface area contributed by atoms with Gasteiger partial charge in [0.25, 0.3) is 5.91 Å². The molecule has 4 aromatic rings. The van der Waals surface area contributed by atoms with E-state index in [4.69, 9.17) is 11.6 Å². The summed E-state index contributed by atoms with van der Waals surface area (Å²) in [4.78, 5) is 17.2. The van der Waals surface area contributed by atoms with Gasteiger partial charge in [-0.3, -0.25) is 4.79 Å². The van der Waals surface area contributed by atoms with Crippen LogP contribution >= 0.6 is 27.5 Å². The fourth-order valence-corrected chi connectivity index (χ4v) is 3.20. The average Bonchev–Trinajstić information content (AvgIpc) is 3.19. The molecule has 0 aliphatic carbocycles. The van der Waals surface area contributed by atoms with Gasteiger partial charge in [-0.05, 0) is 42.0 Å². The highest BCUT2D eigenvalue weighted by Gasteiger charge is 2.18. The Morgan fingerprint density at radius 2 is 1.66 bits per heavy atom. The smallest absolute Gasteiger partial charge is 0.291 e. The zero-order valence-corrected chi connectivity index (χ0v) is 17.6. The molecule has 4 rings (SSSR count). The summed E-state index contributed by atoms with van der Waals surface area (Å²) in [7, 11) is 0. The van der Waals surface area contributed by atoms with Crippen LogP contribution in [0.3, 0.4) is 0 Å². The fraction of sp³-hybridized carbons (Fsp3) is 0.0455. The van der Waals surface area contributed by atoms with Gasteiger partial charge in [0.2, 0.25) is 5.82 Å². The van der Waals surface area contributed by atoms with E-state index in [0.29, 0.717) is 17.4 Å². The molecule has 0 atom stereocenters. The molecule has 1 heterocycles. The summed E-state index contributed by atoms with van der Waals surface area (Å²) in [6.07, 6.45) is 0. The maximum atomic E-state index is 12.7. The van der Waals surface area contributed by atoms with Crippen molar-refractivity contribution in [3.63, 3.8) is 0 Å². The predicted octanol–water partition coefficient (Wildman–Crippen LogP) is 5.28. The minimum absolute atomic E-state index is 0.105. The summed E-state index contributed by atoms with van der Waals surface area (Å²) in [5, 5.41) is 7.96. The van der Waals surface area contributed by atoms with E-state index >= 15 is 0 Å². The van der Waals surface area contributed by atoms with Gasteiger partial charge < -0.3 is 5.32 Å². The molecule has 0 saturated carbocycles. The van der Waals surface area contributed by atoms with E-state index < -0.39 is 0 Å². The standard InChI is InChI=1S/C22H16BrClN4O/c23-17-8-6-16(7-9-17)21-26-20(22(29)25-14-15-4-2-1-3-5-15)27-28(21)19-12-10-18(24)11-13-19/h1-13H,14H2,(H,25,29). The van der Waals surface area contributed by atoms with Crippen molar-refractivity contribution in [2.75, 3.05) is 0 Å². The summed E-state index contributed by atoms with van der Waals surface area (Å²) in [5.41, 5.74) is 2.62. The third-order valence-electron chi connectivity index (χ3n) is 4.28. The Morgan fingerprint density at radius 1 is 0.966 bits per heavy atom. The van der Waals surface area contributed by atoms with Gasteiger partial charge in [0.15, 0.2) is 5.82 Å². The molecular weight excluding hydrogens is 452 g/mol. The van der Waals surface area contributed by atoms with E-state index in [-0.39, 0.29) is 11.7 Å². The second kappa shape index (κ2) is 8.59. The Morgan fingerprint density at radius 3 is 2.34 bits per heavy atom. The highest BCUT2D eigenvalue weighted by molar-refractivity contribution is 9.10. The quantitative estimate of drug-likeness (QED) is 0.434. The molecule has 7 heteroatoms. The predicted molar refractivity (Wildman–Crippen MR) is 117 cm³/mol. The van der Waals surface area contributed by atoms with Crippen molar-refractivity contribution in [2.45, 2.75) is 6.54 Å². The van der Waals surface area contributed by atoms with Crippen molar-refractivity contribution in [1.82, 2.24) is 20.1 Å². The number of carbonyl (C=O) groups is 1. The van der Waals surface area contributed by atoms with E-state index in [0.717, 1.165) is 21.3 Å².